The number of nitrogens with one attached hydrogen (secondary N) is 1. The number of methoxy groups -OCH3 is 1. The first kappa shape index (κ1) is 25.4. The summed E-state index contributed by atoms with van der Waals surface area (Å²) in [4.78, 5) is 27.7. The molecule has 2 aromatic rings. The normalized spacial score (nSPS) is 12.3. The molecule has 0 bridgehead atoms. The molecule has 0 saturated heterocycles. The molecule has 0 spiro atoms. The lowest BCUT2D eigenvalue weighted by atomic mass is 10.0. The molecule has 2 rings (SSSR count). The maximum absolute atomic E-state index is 13.3. The third kappa shape index (κ3) is 7.35. The maximum atomic E-state index is 13.3. The van der Waals surface area contributed by atoms with Crippen LogP contribution in [0, 0.1) is 0 Å². The average molecular weight is 462 g/mol. The van der Waals surface area contributed by atoms with E-state index in [1.54, 1.807) is 19.2 Å². The minimum atomic E-state index is -3.56. The minimum absolute atomic E-state index is 0.148. The number of hydrogen-bond donors (Lipinski definition) is 1. The van der Waals surface area contributed by atoms with Crippen LogP contribution < -0.4 is 10.1 Å². The quantitative estimate of drug-likeness (QED) is 0.549. The predicted molar refractivity (Wildman–Crippen MR) is 124 cm³/mol. The summed E-state index contributed by atoms with van der Waals surface area (Å²) < 4.78 is 29.9. The van der Waals surface area contributed by atoms with Crippen LogP contribution >= 0.6 is 0 Å². The summed E-state index contributed by atoms with van der Waals surface area (Å²) in [5.41, 5.74) is 1.69. The van der Waals surface area contributed by atoms with Gasteiger partial charge in [0.05, 0.1) is 19.9 Å². The molecule has 9 heteroatoms. The maximum Gasteiger partial charge on any atom is 0.243 e. The van der Waals surface area contributed by atoms with E-state index in [2.05, 4.69) is 5.32 Å². The summed E-state index contributed by atoms with van der Waals surface area (Å²) in [6.07, 6.45) is 1.34. The predicted octanol–water partition coefficient (Wildman–Crippen LogP) is 1.66. The number of ether oxygens (including phenoxy) is 1. The monoisotopic (exact) mass is 461 g/mol. The number of rotatable bonds is 11. The zero-order valence-electron chi connectivity index (χ0n) is 18.9. The molecule has 0 aromatic heterocycles. The van der Waals surface area contributed by atoms with Gasteiger partial charge in [-0.15, -0.1) is 0 Å². The second-order valence-corrected chi connectivity index (χ2v) is 9.58. The summed E-state index contributed by atoms with van der Waals surface area (Å²) in [6.45, 7) is 2.01. The van der Waals surface area contributed by atoms with Crippen molar-refractivity contribution in [1.29, 1.82) is 0 Å². The van der Waals surface area contributed by atoms with Crippen LogP contribution in [0.1, 0.15) is 18.1 Å². The van der Waals surface area contributed by atoms with Crippen molar-refractivity contribution in [3.05, 3.63) is 65.7 Å². The van der Waals surface area contributed by atoms with Gasteiger partial charge in [0.15, 0.2) is 0 Å². The Hall–Kier alpha value is -2.91. The van der Waals surface area contributed by atoms with Gasteiger partial charge in [0, 0.05) is 26.6 Å². The molecule has 2 amide bonds. The SMILES string of the molecule is CCNC(=O)C(Cc1ccccc1)N(Cc1ccc(OC)cc1)C(=O)CN(C)S(C)(=O)=O. The number of likely N-dealkylation sites (N-methyl/N-ethyl adjacent to an activating group) is 2. The van der Waals surface area contributed by atoms with Gasteiger partial charge in [0.1, 0.15) is 11.8 Å². The topological polar surface area (TPSA) is 96.0 Å². The third-order valence-corrected chi connectivity index (χ3v) is 6.32. The van der Waals surface area contributed by atoms with Crippen molar-refractivity contribution in [2.75, 3.05) is 33.5 Å². The van der Waals surface area contributed by atoms with Crippen LogP contribution in [0.25, 0.3) is 0 Å². The van der Waals surface area contributed by atoms with Crippen LogP contribution in [-0.4, -0.2) is 69.0 Å². The molecule has 0 aliphatic heterocycles. The molecule has 1 atom stereocenters. The largest absolute Gasteiger partial charge is 0.497 e. The van der Waals surface area contributed by atoms with Crippen LogP contribution in [0.5, 0.6) is 5.75 Å². The molecule has 2 aromatic carbocycles. The highest BCUT2D eigenvalue weighted by Gasteiger charge is 2.31. The van der Waals surface area contributed by atoms with Gasteiger partial charge in [-0.25, -0.2) is 8.42 Å². The van der Waals surface area contributed by atoms with Crippen molar-refractivity contribution in [2.45, 2.75) is 25.9 Å². The standard InChI is InChI=1S/C23H31N3O5S/c1-5-24-23(28)21(15-18-9-7-6-8-10-18)26(22(27)17-25(2)32(4,29)30)16-19-11-13-20(31-3)14-12-19/h6-14,21H,5,15-17H2,1-4H3,(H,24,28). The molecule has 32 heavy (non-hydrogen) atoms. The lowest BCUT2D eigenvalue weighted by molar-refractivity contribution is -0.141. The van der Waals surface area contributed by atoms with Gasteiger partial charge in [-0.3, -0.25) is 9.59 Å². The number of benzene rings is 2. The Balaban J connectivity index is 2.41. The molecule has 0 fully saturated rings. The number of carbonyl (C=O) groups is 2. The minimum Gasteiger partial charge on any atom is -0.497 e. The van der Waals surface area contributed by atoms with E-state index in [1.807, 2.05) is 49.4 Å². The summed E-state index contributed by atoms with van der Waals surface area (Å²) in [5, 5.41) is 2.80. The zero-order valence-corrected chi connectivity index (χ0v) is 19.8. The van der Waals surface area contributed by atoms with Crippen LogP contribution in [0.15, 0.2) is 54.6 Å². The van der Waals surface area contributed by atoms with Crippen LogP contribution in [-0.2, 0) is 32.6 Å². The van der Waals surface area contributed by atoms with Crippen molar-refractivity contribution in [3.63, 3.8) is 0 Å². The number of nitrogens with zero attached hydrogens (tertiary/aromatic N) is 2. The molecule has 0 saturated carbocycles. The van der Waals surface area contributed by atoms with E-state index < -0.39 is 22.0 Å². The highest BCUT2D eigenvalue weighted by Crippen LogP contribution is 2.18. The van der Waals surface area contributed by atoms with E-state index >= 15 is 0 Å². The fraction of sp³-hybridized carbons (Fsp3) is 0.391. The summed E-state index contributed by atoms with van der Waals surface area (Å²) in [6, 6.07) is 15.8. The average Bonchev–Trinajstić information content (AvgIpc) is 2.76. The lowest BCUT2D eigenvalue weighted by Gasteiger charge is -2.32. The Kier molecular flexibility index (Phi) is 9.22. The number of carbonyl (C=O) groups excluding carboxylic acids is 2. The highest BCUT2D eigenvalue weighted by molar-refractivity contribution is 7.88. The van der Waals surface area contributed by atoms with Gasteiger partial charge >= 0.3 is 0 Å². The highest BCUT2D eigenvalue weighted by atomic mass is 32.2. The van der Waals surface area contributed by atoms with E-state index in [0.29, 0.717) is 18.7 Å². The van der Waals surface area contributed by atoms with Gasteiger partial charge in [-0.05, 0) is 30.2 Å². The van der Waals surface area contributed by atoms with Gasteiger partial charge in [0.2, 0.25) is 21.8 Å². The molecule has 0 aliphatic rings. The molecular formula is C23H31N3O5S. The Morgan fingerprint density at radius 2 is 1.66 bits per heavy atom. The number of sulfonamides is 1. The Bertz CT molecular complexity index is 994. The fourth-order valence-corrected chi connectivity index (χ4v) is 3.52. The Labute approximate surface area is 190 Å². The molecule has 8 nitrogen and oxygen atoms in total. The number of amides is 2. The molecule has 0 radical (unpaired) electrons. The molecule has 1 unspecified atom stereocenters. The van der Waals surface area contributed by atoms with Gasteiger partial charge in [0.25, 0.3) is 0 Å². The van der Waals surface area contributed by atoms with Crippen LogP contribution in [0.2, 0.25) is 0 Å². The molecular weight excluding hydrogens is 430 g/mol. The summed E-state index contributed by atoms with van der Waals surface area (Å²) in [7, 11) is -0.649. The Morgan fingerprint density at radius 3 is 2.19 bits per heavy atom. The van der Waals surface area contributed by atoms with Crippen molar-refractivity contribution >= 4 is 21.8 Å². The zero-order chi connectivity index (χ0) is 23.7. The van der Waals surface area contributed by atoms with Gasteiger partial charge in [-0.2, -0.15) is 4.31 Å². The molecule has 174 valence electrons. The van der Waals surface area contributed by atoms with E-state index in [9.17, 15) is 18.0 Å². The smallest absolute Gasteiger partial charge is 0.243 e. The van der Waals surface area contributed by atoms with E-state index in [-0.39, 0.29) is 19.0 Å². The first-order valence-electron chi connectivity index (χ1n) is 10.3. The molecule has 0 aliphatic carbocycles. The summed E-state index contributed by atoms with van der Waals surface area (Å²) in [5.74, 6) is -0.0749. The lowest BCUT2D eigenvalue weighted by Crippen LogP contribution is -2.52. The first-order valence-corrected chi connectivity index (χ1v) is 12.2. The van der Waals surface area contributed by atoms with Gasteiger partial charge in [-0.1, -0.05) is 42.5 Å². The first-order chi connectivity index (χ1) is 15.2. The third-order valence-electron chi connectivity index (χ3n) is 5.06. The van der Waals surface area contributed by atoms with Crippen molar-refractivity contribution in [3.8, 4) is 5.75 Å². The van der Waals surface area contributed by atoms with Gasteiger partial charge < -0.3 is 15.0 Å². The second kappa shape index (κ2) is 11.6. The molecule has 0 heterocycles. The van der Waals surface area contributed by atoms with Crippen molar-refractivity contribution in [2.24, 2.45) is 0 Å². The van der Waals surface area contributed by atoms with E-state index in [4.69, 9.17) is 4.74 Å². The summed E-state index contributed by atoms with van der Waals surface area (Å²) >= 11 is 0. The second-order valence-electron chi connectivity index (χ2n) is 7.49. The fourth-order valence-electron chi connectivity index (χ4n) is 3.17. The number of hydrogen-bond acceptors (Lipinski definition) is 5. The van der Waals surface area contributed by atoms with E-state index in [1.165, 1.54) is 11.9 Å². The molecule has 1 N–H and O–H groups in total. The van der Waals surface area contributed by atoms with E-state index in [0.717, 1.165) is 21.7 Å². The van der Waals surface area contributed by atoms with Crippen molar-refractivity contribution < 1.29 is 22.7 Å². The van der Waals surface area contributed by atoms with Crippen LogP contribution in [0.3, 0.4) is 0 Å². The van der Waals surface area contributed by atoms with Crippen LogP contribution in [0.4, 0.5) is 0 Å². The van der Waals surface area contributed by atoms with Crippen molar-refractivity contribution in [1.82, 2.24) is 14.5 Å². The Morgan fingerprint density at radius 1 is 1.03 bits per heavy atom.